The lowest BCUT2D eigenvalue weighted by atomic mass is 10.1. The van der Waals surface area contributed by atoms with E-state index in [9.17, 15) is 20.0 Å². The van der Waals surface area contributed by atoms with Crippen LogP contribution in [0.5, 0.6) is 0 Å². The van der Waals surface area contributed by atoms with Gasteiger partial charge in [0.05, 0.1) is 4.92 Å². The third-order valence-corrected chi connectivity index (χ3v) is 4.40. The van der Waals surface area contributed by atoms with Crippen molar-refractivity contribution in [1.29, 1.82) is 0 Å². The van der Waals surface area contributed by atoms with Crippen LogP contribution in [0.25, 0.3) is 17.4 Å². The number of carbonyl (C=O) groups is 1. The van der Waals surface area contributed by atoms with Gasteiger partial charge in [-0.15, -0.1) is 5.10 Å². The lowest BCUT2D eigenvalue weighted by Gasteiger charge is -1.98. The monoisotopic (exact) mass is 386 g/mol. The van der Waals surface area contributed by atoms with Crippen molar-refractivity contribution < 1.29 is 19.2 Å². The summed E-state index contributed by atoms with van der Waals surface area (Å²) in [5.41, 5.74) is 0.624. The van der Waals surface area contributed by atoms with E-state index in [4.69, 9.17) is 4.42 Å². The zero-order chi connectivity index (χ0) is 19.4. The number of aliphatic carboxylic acids is 1. The molecule has 0 spiro atoms. The molecule has 0 radical (unpaired) electrons. The van der Waals surface area contributed by atoms with Crippen LogP contribution < -0.4 is 0 Å². The van der Waals surface area contributed by atoms with E-state index in [-0.39, 0.29) is 10.6 Å². The fourth-order valence-corrected chi connectivity index (χ4v) is 2.88. The molecule has 9 nitrogen and oxygen atoms in total. The van der Waals surface area contributed by atoms with Gasteiger partial charge in [-0.1, -0.05) is 6.92 Å². The first-order valence-electron chi connectivity index (χ1n) is 7.85. The molecule has 0 bridgehead atoms. The van der Waals surface area contributed by atoms with Gasteiger partial charge < -0.3 is 9.52 Å². The molecule has 10 heteroatoms. The van der Waals surface area contributed by atoms with Crippen LogP contribution in [0.2, 0.25) is 0 Å². The summed E-state index contributed by atoms with van der Waals surface area (Å²) >= 11 is 0.911. The highest BCUT2D eigenvalue weighted by Crippen LogP contribution is 2.29. The number of carboxylic acid groups (broad SMARTS) is 1. The van der Waals surface area contributed by atoms with Gasteiger partial charge in [0.2, 0.25) is 5.16 Å². The molecule has 3 aromatic rings. The Morgan fingerprint density at radius 2 is 2.07 bits per heavy atom. The lowest BCUT2D eigenvalue weighted by Crippen LogP contribution is -1.97. The fraction of sp³-hybridized carbons (Fsp3) is 0.118. The normalized spacial score (nSPS) is 11.5. The molecule has 2 heterocycles. The van der Waals surface area contributed by atoms with Crippen molar-refractivity contribution in [2.24, 2.45) is 0 Å². The van der Waals surface area contributed by atoms with Gasteiger partial charge in [0.15, 0.2) is 0 Å². The molecule has 0 aliphatic heterocycles. The van der Waals surface area contributed by atoms with Crippen molar-refractivity contribution in [3.05, 3.63) is 63.0 Å². The highest BCUT2D eigenvalue weighted by molar-refractivity contribution is 8.04. The fourth-order valence-electron chi connectivity index (χ4n) is 2.18. The number of aromatic amines is 1. The van der Waals surface area contributed by atoms with Crippen LogP contribution in [0.15, 0.2) is 50.9 Å². The van der Waals surface area contributed by atoms with Crippen molar-refractivity contribution in [2.45, 2.75) is 18.5 Å². The molecule has 1 aromatic carbocycles. The Balaban J connectivity index is 1.82. The van der Waals surface area contributed by atoms with Gasteiger partial charge in [0.25, 0.3) is 5.69 Å². The van der Waals surface area contributed by atoms with E-state index in [0.717, 1.165) is 11.8 Å². The molecule has 0 saturated carbocycles. The molecule has 0 fully saturated rings. The minimum Gasteiger partial charge on any atom is -0.477 e. The number of aryl methyl sites for hydroxylation is 1. The Labute approximate surface area is 157 Å². The minimum absolute atomic E-state index is 0.00116. The molecule has 0 atom stereocenters. The Hall–Kier alpha value is -3.40. The second kappa shape index (κ2) is 7.87. The number of non-ortho nitro benzene ring substituents is 1. The molecule has 0 unspecified atom stereocenters. The molecule has 3 rings (SSSR count). The number of hydrogen-bond acceptors (Lipinski definition) is 7. The molecule has 0 saturated heterocycles. The summed E-state index contributed by atoms with van der Waals surface area (Å²) in [6.45, 7) is 1.91. The average molecular weight is 386 g/mol. The number of thioether (sulfide) groups is 1. The van der Waals surface area contributed by atoms with E-state index < -0.39 is 10.9 Å². The maximum atomic E-state index is 11.5. The van der Waals surface area contributed by atoms with Gasteiger partial charge in [-0.05, 0) is 36.0 Å². The van der Waals surface area contributed by atoms with E-state index in [2.05, 4.69) is 15.2 Å². The van der Waals surface area contributed by atoms with E-state index >= 15 is 0 Å². The molecule has 2 aromatic heterocycles. The number of benzene rings is 1. The zero-order valence-corrected chi connectivity index (χ0v) is 14.9. The number of nitro groups is 1. The van der Waals surface area contributed by atoms with Crippen LogP contribution in [0.3, 0.4) is 0 Å². The van der Waals surface area contributed by atoms with Gasteiger partial charge in [0.1, 0.15) is 22.3 Å². The summed E-state index contributed by atoms with van der Waals surface area (Å²) < 4.78 is 5.64. The minimum atomic E-state index is -1.13. The van der Waals surface area contributed by atoms with Gasteiger partial charge in [0, 0.05) is 30.2 Å². The number of hydrogen-bond donors (Lipinski definition) is 2. The van der Waals surface area contributed by atoms with E-state index in [1.165, 1.54) is 18.2 Å². The number of H-pyrrole nitrogens is 1. The summed E-state index contributed by atoms with van der Waals surface area (Å²) in [4.78, 5) is 25.9. The van der Waals surface area contributed by atoms with E-state index in [0.29, 0.717) is 34.5 Å². The van der Waals surface area contributed by atoms with Crippen molar-refractivity contribution >= 4 is 29.5 Å². The molecule has 138 valence electrons. The summed E-state index contributed by atoms with van der Waals surface area (Å²) in [5, 5.41) is 27.1. The molecule has 0 amide bonds. The average Bonchev–Trinajstić information content (AvgIpc) is 3.30. The van der Waals surface area contributed by atoms with Gasteiger partial charge in [-0.3, -0.25) is 15.2 Å². The Morgan fingerprint density at radius 3 is 2.67 bits per heavy atom. The van der Waals surface area contributed by atoms with Crippen molar-refractivity contribution in [2.75, 3.05) is 0 Å². The lowest BCUT2D eigenvalue weighted by molar-refractivity contribution is -0.384. The Kier molecular flexibility index (Phi) is 5.36. The molecular weight excluding hydrogens is 372 g/mol. The molecule has 2 N–H and O–H groups in total. The molecule has 27 heavy (non-hydrogen) atoms. The van der Waals surface area contributed by atoms with Crippen LogP contribution in [0.4, 0.5) is 5.69 Å². The topological polar surface area (TPSA) is 135 Å². The third kappa shape index (κ3) is 4.42. The van der Waals surface area contributed by atoms with Gasteiger partial charge >= 0.3 is 5.97 Å². The van der Waals surface area contributed by atoms with Crippen LogP contribution in [0.1, 0.15) is 18.5 Å². The van der Waals surface area contributed by atoms with Crippen LogP contribution >= 0.6 is 11.8 Å². The summed E-state index contributed by atoms with van der Waals surface area (Å²) in [7, 11) is 0. The highest BCUT2D eigenvalue weighted by Gasteiger charge is 2.15. The maximum absolute atomic E-state index is 11.5. The second-order valence-electron chi connectivity index (χ2n) is 5.34. The van der Waals surface area contributed by atoms with E-state index in [1.54, 1.807) is 24.3 Å². The van der Waals surface area contributed by atoms with Gasteiger partial charge in [-0.2, -0.15) is 0 Å². The zero-order valence-electron chi connectivity index (χ0n) is 14.1. The van der Waals surface area contributed by atoms with Crippen molar-refractivity contribution in [1.82, 2.24) is 15.2 Å². The smallest absolute Gasteiger partial charge is 0.342 e. The predicted molar refractivity (Wildman–Crippen MR) is 98.0 cm³/mol. The summed E-state index contributed by atoms with van der Waals surface area (Å²) in [5.74, 6) is 0.341. The first kappa shape index (κ1) is 18.4. The maximum Gasteiger partial charge on any atom is 0.342 e. The predicted octanol–water partition coefficient (Wildman–Crippen LogP) is 3.75. The molecule has 0 aliphatic rings. The standard InChI is InChI=1S/C17H14N4O5S/c1-2-15-18-17(20-19-15)27-14(16(22)23)9-12-7-8-13(26-12)10-3-5-11(6-4-10)21(24)25/h3-9H,2H2,1H3,(H,22,23)(H,18,19,20)/b14-9-. The number of aromatic nitrogens is 3. The quantitative estimate of drug-likeness (QED) is 0.271. The van der Waals surface area contributed by atoms with E-state index in [1.807, 2.05) is 6.92 Å². The van der Waals surface area contributed by atoms with Crippen LogP contribution in [0, 0.1) is 10.1 Å². The highest BCUT2D eigenvalue weighted by atomic mass is 32.2. The summed E-state index contributed by atoms with van der Waals surface area (Å²) in [6, 6.07) is 9.17. The van der Waals surface area contributed by atoms with Crippen LogP contribution in [-0.4, -0.2) is 31.2 Å². The van der Waals surface area contributed by atoms with Crippen molar-refractivity contribution in [3.63, 3.8) is 0 Å². The largest absolute Gasteiger partial charge is 0.477 e. The molecular formula is C17H14N4O5S. The van der Waals surface area contributed by atoms with Crippen molar-refractivity contribution in [3.8, 4) is 11.3 Å². The number of nitro benzene ring substituents is 1. The summed E-state index contributed by atoms with van der Waals surface area (Å²) in [6.07, 6.45) is 2.04. The number of carboxylic acids is 1. The van der Waals surface area contributed by atoms with Crippen LogP contribution in [-0.2, 0) is 11.2 Å². The number of rotatable bonds is 7. The first-order valence-corrected chi connectivity index (χ1v) is 8.66. The molecule has 0 aliphatic carbocycles. The number of furan rings is 1. The Bertz CT molecular complexity index is 1010. The Morgan fingerprint density at radius 1 is 1.33 bits per heavy atom. The second-order valence-corrected chi connectivity index (χ2v) is 6.35. The van der Waals surface area contributed by atoms with Gasteiger partial charge in [-0.25, -0.2) is 9.78 Å². The number of nitrogens with one attached hydrogen (secondary N) is 1. The SMILES string of the molecule is CCc1nc(S/C(=C\c2ccc(-c3ccc([N+](=O)[O-])cc3)o2)C(=O)O)n[nH]1. The number of nitrogens with zero attached hydrogens (tertiary/aromatic N) is 3. The first-order chi connectivity index (χ1) is 13.0. The third-order valence-electron chi connectivity index (χ3n) is 3.52.